The first-order valence-corrected chi connectivity index (χ1v) is 9.21. The number of benzene rings is 1. The molecule has 0 aliphatic carbocycles. The summed E-state index contributed by atoms with van der Waals surface area (Å²) in [6, 6.07) is 9.47. The van der Waals surface area contributed by atoms with Crippen molar-refractivity contribution in [3.63, 3.8) is 0 Å². The Bertz CT molecular complexity index is 1070. The summed E-state index contributed by atoms with van der Waals surface area (Å²) in [7, 11) is 0. The molecule has 0 saturated carbocycles. The second-order valence-electron chi connectivity index (χ2n) is 6.58. The molecule has 0 radical (unpaired) electrons. The first-order chi connectivity index (χ1) is 14.4. The number of aryl methyl sites for hydroxylation is 3. The lowest BCUT2D eigenvalue weighted by atomic mass is 10.2. The van der Waals surface area contributed by atoms with Gasteiger partial charge in [-0.2, -0.15) is 18.3 Å². The third kappa shape index (κ3) is 5.93. The quantitative estimate of drug-likeness (QED) is 0.645. The highest BCUT2D eigenvalue weighted by atomic mass is 19.4. The Morgan fingerprint density at radius 3 is 2.13 bits per heavy atom. The molecule has 3 rings (SSSR count). The maximum atomic E-state index is 12.3. The number of imidazole rings is 1. The Hall–Kier alpha value is -3.63. The number of halogens is 3. The van der Waals surface area contributed by atoms with Gasteiger partial charge in [0.1, 0.15) is 0 Å². The molecular formula is C20H22F3N5O3. The van der Waals surface area contributed by atoms with Crippen LogP contribution < -0.4 is 5.32 Å². The second kappa shape index (κ2) is 9.45. The number of aromatic nitrogens is 4. The molecule has 0 fully saturated rings. The fourth-order valence-electron chi connectivity index (χ4n) is 2.60. The van der Waals surface area contributed by atoms with Gasteiger partial charge in [0.15, 0.2) is 5.69 Å². The lowest BCUT2D eigenvalue weighted by Crippen LogP contribution is -2.21. The molecule has 166 valence electrons. The molecule has 0 bridgehead atoms. The van der Waals surface area contributed by atoms with E-state index in [0.29, 0.717) is 5.69 Å². The summed E-state index contributed by atoms with van der Waals surface area (Å²) in [5.74, 6) is -2.96. The normalized spacial score (nSPS) is 10.9. The zero-order chi connectivity index (χ0) is 23.3. The molecule has 0 saturated heterocycles. The SMILES string of the molecule is CCn1nc(C(=O)Nc2ccc(-n3cnc(C)c3C)cc2)cc1C.O=C(O)C(F)(F)F. The third-order valence-electron chi connectivity index (χ3n) is 4.41. The van der Waals surface area contributed by atoms with Crippen LogP contribution in [0, 0.1) is 20.8 Å². The summed E-state index contributed by atoms with van der Waals surface area (Å²) in [6.07, 6.45) is -3.28. The Morgan fingerprint density at radius 2 is 1.71 bits per heavy atom. The Kier molecular flexibility index (Phi) is 7.21. The van der Waals surface area contributed by atoms with Gasteiger partial charge in [0.25, 0.3) is 5.91 Å². The van der Waals surface area contributed by atoms with Gasteiger partial charge in [-0.15, -0.1) is 0 Å². The number of amides is 1. The van der Waals surface area contributed by atoms with Gasteiger partial charge in [0.2, 0.25) is 0 Å². The molecule has 8 nitrogen and oxygen atoms in total. The molecule has 2 aromatic heterocycles. The summed E-state index contributed by atoms with van der Waals surface area (Å²) in [4.78, 5) is 25.5. The maximum absolute atomic E-state index is 12.3. The van der Waals surface area contributed by atoms with Crippen LogP contribution >= 0.6 is 0 Å². The van der Waals surface area contributed by atoms with Gasteiger partial charge < -0.3 is 15.0 Å². The highest BCUT2D eigenvalue weighted by Gasteiger charge is 2.38. The van der Waals surface area contributed by atoms with Crippen LogP contribution in [0.5, 0.6) is 0 Å². The first kappa shape index (κ1) is 23.6. The van der Waals surface area contributed by atoms with Crippen molar-refractivity contribution >= 4 is 17.6 Å². The number of nitrogens with one attached hydrogen (secondary N) is 1. The zero-order valence-corrected chi connectivity index (χ0v) is 17.4. The summed E-state index contributed by atoms with van der Waals surface area (Å²) >= 11 is 0. The number of hydrogen-bond donors (Lipinski definition) is 2. The van der Waals surface area contributed by atoms with Crippen molar-refractivity contribution in [2.75, 3.05) is 5.32 Å². The van der Waals surface area contributed by atoms with Gasteiger partial charge in [0.05, 0.1) is 12.0 Å². The van der Waals surface area contributed by atoms with Crippen LogP contribution in [0.25, 0.3) is 5.69 Å². The van der Waals surface area contributed by atoms with Gasteiger partial charge in [-0.25, -0.2) is 9.78 Å². The molecule has 3 aromatic rings. The summed E-state index contributed by atoms with van der Waals surface area (Å²) in [5.41, 5.74) is 5.27. The van der Waals surface area contributed by atoms with Crippen LogP contribution in [0.15, 0.2) is 36.7 Å². The lowest BCUT2D eigenvalue weighted by molar-refractivity contribution is -0.192. The molecule has 0 atom stereocenters. The van der Waals surface area contributed by atoms with Crippen molar-refractivity contribution in [1.29, 1.82) is 0 Å². The maximum Gasteiger partial charge on any atom is 0.490 e. The second-order valence-corrected chi connectivity index (χ2v) is 6.58. The van der Waals surface area contributed by atoms with E-state index in [-0.39, 0.29) is 5.91 Å². The molecule has 0 spiro atoms. The molecular weight excluding hydrogens is 415 g/mol. The number of nitrogens with zero attached hydrogens (tertiary/aromatic N) is 4. The van der Waals surface area contributed by atoms with Crippen LogP contribution in [0.4, 0.5) is 18.9 Å². The van der Waals surface area contributed by atoms with E-state index in [1.807, 2.05) is 61.2 Å². The Labute approximate surface area is 176 Å². The van der Waals surface area contributed by atoms with Gasteiger partial charge >= 0.3 is 12.1 Å². The average molecular weight is 437 g/mol. The smallest absolute Gasteiger partial charge is 0.475 e. The highest BCUT2D eigenvalue weighted by molar-refractivity contribution is 6.02. The van der Waals surface area contributed by atoms with Crippen LogP contribution in [0.1, 0.15) is 34.5 Å². The number of alkyl halides is 3. The van der Waals surface area contributed by atoms with Crippen LogP contribution in [-0.2, 0) is 11.3 Å². The van der Waals surface area contributed by atoms with E-state index < -0.39 is 12.1 Å². The number of rotatable bonds is 4. The Balaban J connectivity index is 0.000000423. The molecule has 0 unspecified atom stereocenters. The van der Waals surface area contributed by atoms with Crippen molar-refractivity contribution in [2.24, 2.45) is 0 Å². The number of anilines is 1. The number of aliphatic carboxylic acids is 1. The molecule has 0 aliphatic heterocycles. The molecule has 31 heavy (non-hydrogen) atoms. The van der Waals surface area contributed by atoms with E-state index in [9.17, 15) is 18.0 Å². The number of carbonyl (C=O) groups is 2. The minimum atomic E-state index is -5.08. The summed E-state index contributed by atoms with van der Waals surface area (Å²) in [6.45, 7) is 8.71. The molecule has 1 amide bonds. The minimum Gasteiger partial charge on any atom is -0.475 e. The fraction of sp³-hybridized carbons (Fsp3) is 0.300. The highest BCUT2D eigenvalue weighted by Crippen LogP contribution is 2.17. The predicted octanol–water partition coefficient (Wildman–Crippen LogP) is 3.90. The van der Waals surface area contributed by atoms with E-state index in [1.54, 1.807) is 12.4 Å². The van der Waals surface area contributed by atoms with Crippen molar-refractivity contribution < 1.29 is 27.9 Å². The van der Waals surface area contributed by atoms with E-state index >= 15 is 0 Å². The monoisotopic (exact) mass is 437 g/mol. The molecule has 1 aromatic carbocycles. The van der Waals surface area contributed by atoms with Crippen molar-refractivity contribution in [3.05, 3.63) is 59.4 Å². The molecule has 2 N–H and O–H groups in total. The van der Waals surface area contributed by atoms with E-state index in [4.69, 9.17) is 9.90 Å². The minimum absolute atomic E-state index is 0.201. The van der Waals surface area contributed by atoms with Crippen LogP contribution in [0.3, 0.4) is 0 Å². The zero-order valence-electron chi connectivity index (χ0n) is 17.4. The molecule has 2 heterocycles. The summed E-state index contributed by atoms with van der Waals surface area (Å²) in [5, 5.41) is 14.3. The first-order valence-electron chi connectivity index (χ1n) is 9.21. The van der Waals surface area contributed by atoms with Crippen LogP contribution in [-0.4, -0.2) is 42.5 Å². The number of hydrogen-bond acceptors (Lipinski definition) is 4. The fourth-order valence-corrected chi connectivity index (χ4v) is 2.60. The van der Waals surface area contributed by atoms with Gasteiger partial charge in [-0.05, 0) is 58.0 Å². The van der Waals surface area contributed by atoms with Crippen LogP contribution in [0.2, 0.25) is 0 Å². The van der Waals surface area contributed by atoms with E-state index in [1.165, 1.54) is 0 Å². The molecule has 11 heteroatoms. The van der Waals surface area contributed by atoms with Crippen molar-refractivity contribution in [3.8, 4) is 5.69 Å². The van der Waals surface area contributed by atoms with Gasteiger partial charge in [-0.1, -0.05) is 0 Å². The number of carboxylic acids is 1. The predicted molar refractivity (Wildman–Crippen MR) is 107 cm³/mol. The van der Waals surface area contributed by atoms with Gasteiger partial charge in [-0.3, -0.25) is 9.48 Å². The van der Waals surface area contributed by atoms with Gasteiger partial charge in [0, 0.05) is 29.3 Å². The summed E-state index contributed by atoms with van der Waals surface area (Å²) < 4.78 is 35.6. The van der Waals surface area contributed by atoms with Crippen molar-refractivity contribution in [1.82, 2.24) is 19.3 Å². The van der Waals surface area contributed by atoms with E-state index in [0.717, 1.165) is 35.0 Å². The van der Waals surface area contributed by atoms with E-state index in [2.05, 4.69) is 15.4 Å². The largest absolute Gasteiger partial charge is 0.490 e. The third-order valence-corrected chi connectivity index (χ3v) is 4.41. The standard InChI is InChI=1S/C18H21N5O.C2HF3O2/c1-5-23-12(2)10-17(21-23)18(24)20-15-6-8-16(9-7-15)22-11-19-13(3)14(22)4;3-2(4,5)1(6)7/h6-11H,5H2,1-4H3,(H,20,24);(H,6,7). The average Bonchev–Trinajstić information content (AvgIpc) is 3.24. The molecule has 0 aliphatic rings. The Morgan fingerprint density at radius 1 is 1.13 bits per heavy atom. The van der Waals surface area contributed by atoms with Crippen molar-refractivity contribution in [2.45, 2.75) is 40.4 Å². The topological polar surface area (TPSA) is 102 Å². The number of carbonyl (C=O) groups excluding carboxylic acids is 1. The lowest BCUT2D eigenvalue weighted by Gasteiger charge is -2.08. The number of carboxylic acid groups (broad SMARTS) is 1.